The summed E-state index contributed by atoms with van der Waals surface area (Å²) in [4.78, 5) is 6.29. The molecule has 0 N–H and O–H groups in total. The highest BCUT2D eigenvalue weighted by Gasteiger charge is 2.13. The minimum Gasteiger partial charge on any atom is -0.348 e. The van der Waals surface area contributed by atoms with Crippen molar-refractivity contribution in [2.45, 2.75) is 27.7 Å². The second-order valence-electron chi connectivity index (χ2n) is 4.95. The molecule has 1 aromatic heterocycles. The van der Waals surface area contributed by atoms with Gasteiger partial charge in [-0.05, 0) is 24.1 Å². The van der Waals surface area contributed by atoms with E-state index in [0.717, 1.165) is 18.2 Å². The fraction of sp³-hybridized carbons (Fsp3) is 0.667. The molecule has 1 aromatic rings. The highest BCUT2D eigenvalue weighted by molar-refractivity contribution is 7.80. The number of nitrogens with zero attached hydrogens (tertiary/aromatic N) is 3. The van der Waals surface area contributed by atoms with Crippen LogP contribution in [0, 0.1) is 11.8 Å². The van der Waals surface area contributed by atoms with Crippen molar-refractivity contribution < 1.29 is 0 Å². The average Bonchev–Trinajstić information content (AvgIpc) is 2.66. The van der Waals surface area contributed by atoms with Gasteiger partial charge in [-0.3, -0.25) is 4.57 Å². The van der Waals surface area contributed by atoms with Gasteiger partial charge >= 0.3 is 0 Å². The molecule has 0 aliphatic carbocycles. The second kappa shape index (κ2) is 7.67. The SMILES string of the molecule is CC(C)CN(CC(C)C)C(=S)n1ccnc1.Cl. The first kappa shape index (κ1) is 16.4. The predicted octanol–water partition coefficient (Wildman–Crippen LogP) is 3.05. The summed E-state index contributed by atoms with van der Waals surface area (Å²) < 4.78 is 1.90. The van der Waals surface area contributed by atoms with Gasteiger partial charge in [0.25, 0.3) is 0 Å². The maximum atomic E-state index is 5.48. The minimum absolute atomic E-state index is 0. The molecule has 0 bridgehead atoms. The van der Waals surface area contributed by atoms with Gasteiger partial charge in [0, 0.05) is 25.5 Å². The molecule has 0 amide bonds. The molecule has 1 heterocycles. The molecule has 0 spiro atoms. The van der Waals surface area contributed by atoms with Crippen LogP contribution in [0.5, 0.6) is 0 Å². The van der Waals surface area contributed by atoms with E-state index in [9.17, 15) is 0 Å². The molecular formula is C12H22ClN3S. The van der Waals surface area contributed by atoms with Gasteiger partial charge in [-0.15, -0.1) is 12.4 Å². The number of thiocarbonyl (C=S) groups is 1. The lowest BCUT2D eigenvalue weighted by Crippen LogP contribution is -2.39. The molecule has 17 heavy (non-hydrogen) atoms. The Morgan fingerprint density at radius 2 is 1.76 bits per heavy atom. The Hall–Kier alpha value is -0.610. The van der Waals surface area contributed by atoms with Crippen molar-refractivity contribution in [3.8, 4) is 0 Å². The Morgan fingerprint density at radius 3 is 2.12 bits per heavy atom. The third kappa shape index (κ3) is 5.50. The summed E-state index contributed by atoms with van der Waals surface area (Å²) in [7, 11) is 0. The molecule has 98 valence electrons. The van der Waals surface area contributed by atoms with Gasteiger partial charge in [-0.1, -0.05) is 27.7 Å². The molecule has 0 aliphatic rings. The quantitative estimate of drug-likeness (QED) is 0.788. The molecule has 0 atom stereocenters. The van der Waals surface area contributed by atoms with Gasteiger partial charge < -0.3 is 4.90 Å². The molecule has 0 radical (unpaired) electrons. The van der Waals surface area contributed by atoms with Crippen molar-refractivity contribution in [2.24, 2.45) is 11.8 Å². The first-order valence-electron chi connectivity index (χ1n) is 5.78. The topological polar surface area (TPSA) is 21.1 Å². The summed E-state index contributed by atoms with van der Waals surface area (Å²) in [5.74, 6) is 1.22. The maximum absolute atomic E-state index is 5.48. The van der Waals surface area contributed by atoms with E-state index in [-0.39, 0.29) is 12.4 Å². The summed E-state index contributed by atoms with van der Waals surface area (Å²) >= 11 is 5.48. The van der Waals surface area contributed by atoms with Crippen LogP contribution in [0.1, 0.15) is 27.7 Å². The van der Waals surface area contributed by atoms with Crippen molar-refractivity contribution in [2.75, 3.05) is 13.1 Å². The van der Waals surface area contributed by atoms with E-state index in [4.69, 9.17) is 12.2 Å². The Labute approximate surface area is 116 Å². The van der Waals surface area contributed by atoms with Crippen molar-refractivity contribution in [1.29, 1.82) is 0 Å². The van der Waals surface area contributed by atoms with Crippen LogP contribution in [-0.2, 0) is 0 Å². The normalized spacial score (nSPS) is 10.5. The van der Waals surface area contributed by atoms with Crippen LogP contribution in [-0.4, -0.2) is 32.7 Å². The van der Waals surface area contributed by atoms with E-state index in [2.05, 4.69) is 37.6 Å². The summed E-state index contributed by atoms with van der Waals surface area (Å²) in [6.45, 7) is 10.8. The van der Waals surface area contributed by atoms with E-state index >= 15 is 0 Å². The second-order valence-corrected chi connectivity index (χ2v) is 5.31. The van der Waals surface area contributed by atoms with E-state index < -0.39 is 0 Å². The zero-order valence-electron chi connectivity index (χ0n) is 11.0. The van der Waals surface area contributed by atoms with Crippen LogP contribution in [0.25, 0.3) is 0 Å². The summed E-state index contributed by atoms with van der Waals surface area (Å²) in [5.41, 5.74) is 0. The Bertz CT molecular complexity index is 313. The fourth-order valence-electron chi connectivity index (χ4n) is 1.65. The van der Waals surface area contributed by atoms with Gasteiger partial charge in [-0.25, -0.2) is 4.98 Å². The largest absolute Gasteiger partial charge is 0.348 e. The van der Waals surface area contributed by atoms with Gasteiger partial charge in [0.05, 0.1) is 0 Å². The zero-order valence-corrected chi connectivity index (χ0v) is 12.6. The standard InChI is InChI=1S/C12H21N3S.ClH/c1-10(2)7-15(8-11(3)4)12(16)14-6-5-13-9-14;/h5-6,9-11H,7-8H2,1-4H3;1H. The van der Waals surface area contributed by atoms with Gasteiger partial charge in [-0.2, -0.15) is 0 Å². The highest BCUT2D eigenvalue weighted by atomic mass is 35.5. The molecule has 0 saturated carbocycles. The predicted molar refractivity (Wildman–Crippen MR) is 78.7 cm³/mol. The van der Waals surface area contributed by atoms with Gasteiger partial charge in [0.1, 0.15) is 6.33 Å². The number of rotatable bonds is 4. The third-order valence-electron chi connectivity index (χ3n) is 2.17. The monoisotopic (exact) mass is 275 g/mol. The van der Waals surface area contributed by atoms with Gasteiger partial charge in [0.15, 0.2) is 5.11 Å². The van der Waals surface area contributed by atoms with Crippen LogP contribution in [0.3, 0.4) is 0 Å². The van der Waals surface area contributed by atoms with Crippen LogP contribution in [0.4, 0.5) is 0 Å². The molecule has 0 fully saturated rings. The van der Waals surface area contributed by atoms with Gasteiger partial charge in [0.2, 0.25) is 0 Å². The number of halogens is 1. The summed E-state index contributed by atoms with van der Waals surface area (Å²) in [6, 6.07) is 0. The Morgan fingerprint density at radius 1 is 1.24 bits per heavy atom. The molecule has 3 nitrogen and oxygen atoms in total. The van der Waals surface area contributed by atoms with E-state index in [1.54, 1.807) is 12.5 Å². The van der Waals surface area contributed by atoms with Crippen molar-refractivity contribution in [1.82, 2.24) is 14.5 Å². The molecule has 0 aromatic carbocycles. The fourth-order valence-corrected chi connectivity index (χ4v) is 1.90. The first-order chi connectivity index (χ1) is 7.50. The summed E-state index contributed by atoms with van der Waals surface area (Å²) in [6.07, 6.45) is 5.42. The molecule has 1 rings (SSSR count). The third-order valence-corrected chi connectivity index (χ3v) is 2.64. The minimum atomic E-state index is 0. The smallest absolute Gasteiger partial charge is 0.181 e. The van der Waals surface area contributed by atoms with Crippen LogP contribution >= 0.6 is 24.6 Å². The average molecular weight is 276 g/mol. The van der Waals surface area contributed by atoms with E-state index in [1.807, 2.05) is 10.8 Å². The lowest BCUT2D eigenvalue weighted by atomic mass is 10.1. The van der Waals surface area contributed by atoms with Crippen LogP contribution in [0.15, 0.2) is 18.7 Å². The Kier molecular flexibility index (Phi) is 7.39. The van der Waals surface area contributed by atoms with E-state index in [1.165, 1.54) is 0 Å². The number of imidazole rings is 1. The molecule has 5 heteroatoms. The zero-order chi connectivity index (χ0) is 12.1. The van der Waals surface area contributed by atoms with Crippen molar-refractivity contribution >= 4 is 29.7 Å². The number of hydrogen-bond acceptors (Lipinski definition) is 2. The molecule has 0 aliphatic heterocycles. The van der Waals surface area contributed by atoms with Crippen molar-refractivity contribution in [3.05, 3.63) is 18.7 Å². The molecule has 0 unspecified atom stereocenters. The highest BCUT2D eigenvalue weighted by Crippen LogP contribution is 2.06. The lowest BCUT2D eigenvalue weighted by molar-refractivity contribution is 0.325. The Balaban J connectivity index is 0.00000256. The summed E-state index contributed by atoms with van der Waals surface area (Å²) in [5, 5.41) is 0.847. The number of aromatic nitrogens is 2. The van der Waals surface area contributed by atoms with Crippen LogP contribution < -0.4 is 0 Å². The van der Waals surface area contributed by atoms with E-state index in [0.29, 0.717) is 11.8 Å². The number of hydrogen-bond donors (Lipinski definition) is 0. The maximum Gasteiger partial charge on any atom is 0.181 e. The van der Waals surface area contributed by atoms with Crippen molar-refractivity contribution in [3.63, 3.8) is 0 Å². The van der Waals surface area contributed by atoms with Crippen LogP contribution in [0.2, 0.25) is 0 Å². The molecule has 0 saturated heterocycles. The lowest BCUT2D eigenvalue weighted by Gasteiger charge is -2.28. The molecular weight excluding hydrogens is 254 g/mol. The first-order valence-corrected chi connectivity index (χ1v) is 6.18.